The fraction of sp³-hybridized carbons (Fsp3) is 0.160. The monoisotopic (exact) mass is 464 g/mol. The molecule has 0 bridgehead atoms. The number of H-pyrrole nitrogens is 1. The number of carbonyl (C=O) groups is 1. The predicted molar refractivity (Wildman–Crippen MR) is 122 cm³/mol. The standard InChI is InChI=1S/C25H19F3N4O2/c26-19-8-6-16(14-21(19)28)15-5-7-17(20(27)13-15)24(34)31-9-11-32(12-10-31)25-29-22-4-2-1-3-18(22)23(33)30-25/h1-8,13-14H,9-12H2,(H,29,30,33). The van der Waals surface area contributed by atoms with Crippen molar-refractivity contribution in [3.8, 4) is 11.1 Å². The zero-order chi connectivity index (χ0) is 23.8. The summed E-state index contributed by atoms with van der Waals surface area (Å²) in [4.78, 5) is 36.0. The Morgan fingerprint density at radius 2 is 1.50 bits per heavy atom. The van der Waals surface area contributed by atoms with E-state index in [0.29, 0.717) is 54.2 Å². The van der Waals surface area contributed by atoms with Crippen LogP contribution in [0.2, 0.25) is 0 Å². The van der Waals surface area contributed by atoms with Gasteiger partial charge in [0.1, 0.15) is 5.82 Å². The van der Waals surface area contributed by atoms with Crippen LogP contribution in [0.3, 0.4) is 0 Å². The molecule has 1 aromatic heterocycles. The number of rotatable bonds is 3. The molecule has 9 heteroatoms. The van der Waals surface area contributed by atoms with E-state index in [2.05, 4.69) is 9.97 Å². The Hall–Kier alpha value is -4.14. The molecule has 5 rings (SSSR count). The largest absolute Gasteiger partial charge is 0.339 e. The number of aromatic amines is 1. The van der Waals surface area contributed by atoms with E-state index in [1.807, 2.05) is 11.0 Å². The van der Waals surface area contributed by atoms with Gasteiger partial charge in [0.2, 0.25) is 5.95 Å². The van der Waals surface area contributed by atoms with Gasteiger partial charge in [0.15, 0.2) is 11.6 Å². The van der Waals surface area contributed by atoms with Crippen molar-refractivity contribution < 1.29 is 18.0 Å². The summed E-state index contributed by atoms with van der Waals surface area (Å²) in [5, 5.41) is 0.502. The lowest BCUT2D eigenvalue weighted by atomic mass is 10.0. The van der Waals surface area contributed by atoms with Gasteiger partial charge in [-0.25, -0.2) is 18.2 Å². The molecule has 0 atom stereocenters. The van der Waals surface area contributed by atoms with E-state index in [1.165, 1.54) is 23.1 Å². The number of nitrogens with one attached hydrogen (secondary N) is 1. The van der Waals surface area contributed by atoms with Gasteiger partial charge in [0.25, 0.3) is 11.5 Å². The average molecular weight is 464 g/mol. The molecule has 0 aliphatic carbocycles. The number of carbonyl (C=O) groups excluding carboxylic acids is 1. The molecule has 0 spiro atoms. The van der Waals surface area contributed by atoms with Crippen molar-refractivity contribution in [2.75, 3.05) is 31.1 Å². The van der Waals surface area contributed by atoms with Gasteiger partial charge in [0.05, 0.1) is 16.5 Å². The SMILES string of the molecule is O=C(c1ccc(-c2ccc(F)c(F)c2)cc1F)N1CCN(c2nc3ccccc3c(=O)[nH]2)CC1. The Morgan fingerprint density at radius 1 is 0.824 bits per heavy atom. The van der Waals surface area contributed by atoms with Gasteiger partial charge in [0, 0.05) is 26.2 Å². The second-order valence-electron chi connectivity index (χ2n) is 8.01. The number of piperazine rings is 1. The molecule has 1 aliphatic rings. The van der Waals surface area contributed by atoms with Crippen molar-refractivity contribution in [2.45, 2.75) is 0 Å². The van der Waals surface area contributed by atoms with Crippen molar-refractivity contribution in [3.63, 3.8) is 0 Å². The van der Waals surface area contributed by atoms with Crippen LogP contribution in [-0.2, 0) is 0 Å². The molecule has 6 nitrogen and oxygen atoms in total. The third-order valence-corrected chi connectivity index (χ3v) is 5.92. The van der Waals surface area contributed by atoms with Gasteiger partial charge in [-0.2, -0.15) is 0 Å². The van der Waals surface area contributed by atoms with Crippen LogP contribution in [0.15, 0.2) is 65.5 Å². The first-order valence-electron chi connectivity index (χ1n) is 10.7. The zero-order valence-corrected chi connectivity index (χ0v) is 17.9. The normalized spacial score (nSPS) is 14.0. The van der Waals surface area contributed by atoms with E-state index in [1.54, 1.807) is 18.2 Å². The Labute approximate surface area is 192 Å². The summed E-state index contributed by atoms with van der Waals surface area (Å²) in [5.74, 6) is -2.79. The van der Waals surface area contributed by atoms with Crippen LogP contribution in [0.25, 0.3) is 22.0 Å². The van der Waals surface area contributed by atoms with E-state index in [-0.39, 0.29) is 11.1 Å². The summed E-state index contributed by atoms with van der Waals surface area (Å²) >= 11 is 0. The van der Waals surface area contributed by atoms with Crippen LogP contribution in [0.4, 0.5) is 19.1 Å². The number of hydrogen-bond donors (Lipinski definition) is 1. The predicted octanol–water partition coefficient (Wildman–Crippen LogP) is 3.97. The number of hydrogen-bond acceptors (Lipinski definition) is 4. The number of para-hydroxylation sites is 1. The Morgan fingerprint density at radius 3 is 2.21 bits per heavy atom. The van der Waals surface area contributed by atoms with E-state index in [9.17, 15) is 22.8 Å². The topological polar surface area (TPSA) is 69.3 Å². The molecular formula is C25H19F3N4O2. The number of anilines is 1. The minimum absolute atomic E-state index is 0.1000. The lowest BCUT2D eigenvalue weighted by Gasteiger charge is -2.35. The quantitative estimate of drug-likeness (QED) is 0.498. The number of amides is 1. The fourth-order valence-electron chi connectivity index (χ4n) is 4.06. The van der Waals surface area contributed by atoms with Crippen LogP contribution < -0.4 is 10.5 Å². The maximum atomic E-state index is 14.8. The third-order valence-electron chi connectivity index (χ3n) is 5.92. The molecule has 1 fully saturated rings. The molecule has 1 aliphatic heterocycles. The summed E-state index contributed by atoms with van der Waals surface area (Å²) < 4.78 is 41.5. The van der Waals surface area contributed by atoms with Gasteiger partial charge < -0.3 is 9.80 Å². The second-order valence-corrected chi connectivity index (χ2v) is 8.01. The van der Waals surface area contributed by atoms with Crippen LogP contribution in [0.1, 0.15) is 10.4 Å². The van der Waals surface area contributed by atoms with E-state index in [0.717, 1.165) is 18.2 Å². The molecule has 2 heterocycles. The van der Waals surface area contributed by atoms with E-state index >= 15 is 0 Å². The van der Waals surface area contributed by atoms with Crippen molar-refractivity contribution in [1.82, 2.24) is 14.9 Å². The molecule has 3 aromatic carbocycles. The minimum Gasteiger partial charge on any atom is -0.339 e. The van der Waals surface area contributed by atoms with Crippen molar-refractivity contribution >= 4 is 22.8 Å². The highest BCUT2D eigenvalue weighted by Gasteiger charge is 2.25. The Balaban J connectivity index is 1.30. The van der Waals surface area contributed by atoms with E-state index in [4.69, 9.17) is 0 Å². The summed E-state index contributed by atoms with van der Waals surface area (Å²) in [5.41, 5.74) is 0.897. The van der Waals surface area contributed by atoms with Gasteiger partial charge in [-0.1, -0.05) is 24.3 Å². The van der Waals surface area contributed by atoms with Gasteiger partial charge in [-0.3, -0.25) is 14.6 Å². The van der Waals surface area contributed by atoms with Crippen LogP contribution in [0, 0.1) is 17.5 Å². The number of fused-ring (bicyclic) bond motifs is 1. The number of aromatic nitrogens is 2. The molecule has 4 aromatic rings. The molecule has 0 unspecified atom stereocenters. The Kier molecular flexibility index (Phi) is 5.53. The summed E-state index contributed by atoms with van der Waals surface area (Å²) in [6.07, 6.45) is 0. The third kappa shape index (κ3) is 4.00. The number of halogens is 3. The highest BCUT2D eigenvalue weighted by molar-refractivity contribution is 5.95. The summed E-state index contributed by atoms with van der Waals surface area (Å²) in [6.45, 7) is 1.47. The lowest BCUT2D eigenvalue weighted by molar-refractivity contribution is 0.0741. The number of benzene rings is 3. The highest BCUT2D eigenvalue weighted by atomic mass is 19.2. The molecule has 1 N–H and O–H groups in total. The van der Waals surface area contributed by atoms with Crippen LogP contribution in [0.5, 0.6) is 0 Å². The molecule has 1 amide bonds. The van der Waals surface area contributed by atoms with Crippen LogP contribution in [-0.4, -0.2) is 47.0 Å². The molecule has 34 heavy (non-hydrogen) atoms. The average Bonchev–Trinajstić information content (AvgIpc) is 2.85. The fourth-order valence-corrected chi connectivity index (χ4v) is 4.06. The van der Waals surface area contributed by atoms with Crippen molar-refractivity contribution in [1.29, 1.82) is 0 Å². The Bertz CT molecular complexity index is 1460. The minimum atomic E-state index is -1.03. The zero-order valence-electron chi connectivity index (χ0n) is 17.9. The first kappa shape index (κ1) is 21.7. The second kappa shape index (κ2) is 8.66. The summed E-state index contributed by atoms with van der Waals surface area (Å²) in [6, 6.07) is 14.3. The highest BCUT2D eigenvalue weighted by Crippen LogP contribution is 2.25. The van der Waals surface area contributed by atoms with Crippen molar-refractivity contribution in [3.05, 3.63) is 94.0 Å². The van der Waals surface area contributed by atoms with Crippen LogP contribution >= 0.6 is 0 Å². The maximum absolute atomic E-state index is 14.8. The molecule has 0 radical (unpaired) electrons. The smallest absolute Gasteiger partial charge is 0.260 e. The molecule has 172 valence electrons. The summed E-state index contributed by atoms with van der Waals surface area (Å²) in [7, 11) is 0. The number of nitrogens with zero attached hydrogens (tertiary/aromatic N) is 3. The van der Waals surface area contributed by atoms with Gasteiger partial charge in [-0.05, 0) is 47.5 Å². The molecular weight excluding hydrogens is 445 g/mol. The van der Waals surface area contributed by atoms with Gasteiger partial charge in [-0.15, -0.1) is 0 Å². The molecule has 0 saturated carbocycles. The van der Waals surface area contributed by atoms with E-state index < -0.39 is 23.4 Å². The lowest BCUT2D eigenvalue weighted by Crippen LogP contribution is -2.49. The first-order chi connectivity index (χ1) is 16.4. The van der Waals surface area contributed by atoms with Gasteiger partial charge >= 0.3 is 0 Å². The molecule has 1 saturated heterocycles. The maximum Gasteiger partial charge on any atom is 0.260 e. The first-order valence-corrected chi connectivity index (χ1v) is 10.7. The van der Waals surface area contributed by atoms with Crippen molar-refractivity contribution in [2.24, 2.45) is 0 Å².